The molecule has 0 bridgehead atoms. The first kappa shape index (κ1) is 16.0. The van der Waals surface area contributed by atoms with E-state index in [2.05, 4.69) is 13.8 Å². The van der Waals surface area contributed by atoms with Crippen LogP contribution in [-0.2, 0) is 11.2 Å². The molecule has 1 rings (SSSR count). The van der Waals surface area contributed by atoms with E-state index in [1.54, 1.807) is 6.07 Å². The molecule has 0 heterocycles. The highest BCUT2D eigenvalue weighted by Gasteiger charge is 2.09. The third-order valence-electron chi connectivity index (χ3n) is 3.04. The Morgan fingerprint density at radius 3 is 2.63 bits per heavy atom. The Morgan fingerprint density at radius 2 is 2.00 bits per heavy atom. The number of hydrogen-bond donors (Lipinski definition) is 0. The fourth-order valence-corrected chi connectivity index (χ4v) is 2.32. The van der Waals surface area contributed by atoms with Crippen LogP contribution in [0, 0.1) is 5.92 Å². The molecular formula is C16H23ClO2. The van der Waals surface area contributed by atoms with Gasteiger partial charge in [-0.1, -0.05) is 50.8 Å². The van der Waals surface area contributed by atoms with Crippen LogP contribution < -0.4 is 4.74 Å². The predicted molar refractivity (Wildman–Crippen MR) is 79.8 cm³/mol. The van der Waals surface area contributed by atoms with E-state index in [-0.39, 0.29) is 5.97 Å². The van der Waals surface area contributed by atoms with Crippen molar-refractivity contribution in [3.05, 3.63) is 28.8 Å². The summed E-state index contributed by atoms with van der Waals surface area (Å²) >= 11 is 6.18. The molecule has 0 atom stereocenters. The van der Waals surface area contributed by atoms with Gasteiger partial charge in [0.2, 0.25) is 0 Å². The van der Waals surface area contributed by atoms with Gasteiger partial charge in [0.1, 0.15) is 5.75 Å². The first-order valence-electron chi connectivity index (χ1n) is 6.96. The van der Waals surface area contributed by atoms with Gasteiger partial charge in [0.05, 0.1) is 0 Å². The van der Waals surface area contributed by atoms with Gasteiger partial charge >= 0.3 is 5.97 Å². The average molecular weight is 283 g/mol. The SMILES string of the molecule is CC(=O)Oc1cccc(Cl)c1CCCCCC(C)C. The van der Waals surface area contributed by atoms with Crippen molar-refractivity contribution >= 4 is 17.6 Å². The largest absolute Gasteiger partial charge is 0.426 e. The fourth-order valence-electron chi connectivity index (χ4n) is 2.06. The summed E-state index contributed by atoms with van der Waals surface area (Å²) in [4.78, 5) is 11.1. The monoisotopic (exact) mass is 282 g/mol. The molecule has 0 spiro atoms. The molecule has 0 unspecified atom stereocenters. The van der Waals surface area contributed by atoms with Crippen molar-refractivity contribution in [1.29, 1.82) is 0 Å². The zero-order chi connectivity index (χ0) is 14.3. The Balaban J connectivity index is 2.54. The molecule has 0 saturated carbocycles. The number of carbonyl (C=O) groups excluding carboxylic acids is 1. The molecular weight excluding hydrogens is 260 g/mol. The Hall–Kier alpha value is -1.02. The minimum Gasteiger partial charge on any atom is -0.426 e. The van der Waals surface area contributed by atoms with Crippen molar-refractivity contribution in [2.75, 3.05) is 0 Å². The van der Waals surface area contributed by atoms with Gasteiger partial charge in [0, 0.05) is 17.5 Å². The highest BCUT2D eigenvalue weighted by molar-refractivity contribution is 6.31. The first-order chi connectivity index (χ1) is 9.00. The molecule has 0 N–H and O–H groups in total. The molecule has 0 aliphatic carbocycles. The summed E-state index contributed by atoms with van der Waals surface area (Å²) in [5.41, 5.74) is 0.948. The van der Waals surface area contributed by atoms with E-state index in [4.69, 9.17) is 16.3 Å². The van der Waals surface area contributed by atoms with E-state index in [1.807, 2.05) is 12.1 Å². The van der Waals surface area contributed by atoms with Gasteiger partial charge in [-0.25, -0.2) is 0 Å². The Morgan fingerprint density at radius 1 is 1.26 bits per heavy atom. The van der Waals surface area contributed by atoms with Crippen molar-refractivity contribution in [3.63, 3.8) is 0 Å². The number of ether oxygens (including phenoxy) is 1. The van der Waals surface area contributed by atoms with Crippen LogP contribution in [0.15, 0.2) is 18.2 Å². The van der Waals surface area contributed by atoms with Crippen LogP contribution >= 0.6 is 11.6 Å². The minimum atomic E-state index is -0.302. The maximum atomic E-state index is 11.1. The summed E-state index contributed by atoms with van der Waals surface area (Å²) < 4.78 is 5.20. The summed E-state index contributed by atoms with van der Waals surface area (Å²) in [6.07, 6.45) is 5.62. The van der Waals surface area contributed by atoms with Crippen LogP contribution in [0.3, 0.4) is 0 Å². The average Bonchev–Trinajstić information content (AvgIpc) is 2.30. The number of halogens is 1. The molecule has 0 saturated heterocycles. The molecule has 0 amide bonds. The van der Waals surface area contributed by atoms with Gasteiger partial charge in [-0.05, 0) is 30.9 Å². The van der Waals surface area contributed by atoms with Crippen molar-refractivity contribution in [1.82, 2.24) is 0 Å². The van der Waals surface area contributed by atoms with E-state index >= 15 is 0 Å². The smallest absolute Gasteiger partial charge is 0.308 e. The summed E-state index contributed by atoms with van der Waals surface area (Å²) in [6.45, 7) is 5.90. The molecule has 0 fully saturated rings. The normalized spacial score (nSPS) is 10.8. The third kappa shape index (κ3) is 6.11. The molecule has 106 valence electrons. The summed E-state index contributed by atoms with van der Waals surface area (Å²) in [7, 11) is 0. The van der Waals surface area contributed by atoms with Gasteiger partial charge in [0.15, 0.2) is 0 Å². The van der Waals surface area contributed by atoms with Crippen LogP contribution in [0.2, 0.25) is 5.02 Å². The fraction of sp³-hybridized carbons (Fsp3) is 0.562. The van der Waals surface area contributed by atoms with Gasteiger partial charge < -0.3 is 4.74 Å². The summed E-state index contributed by atoms with van der Waals surface area (Å²) in [6, 6.07) is 5.46. The van der Waals surface area contributed by atoms with Crippen LogP contribution in [0.1, 0.15) is 52.0 Å². The number of unbranched alkanes of at least 4 members (excludes halogenated alkanes) is 2. The molecule has 19 heavy (non-hydrogen) atoms. The molecule has 2 nitrogen and oxygen atoms in total. The molecule has 1 aromatic rings. The van der Waals surface area contributed by atoms with Crippen molar-refractivity contribution in [2.24, 2.45) is 5.92 Å². The lowest BCUT2D eigenvalue weighted by molar-refractivity contribution is -0.131. The zero-order valence-corrected chi connectivity index (χ0v) is 12.8. The third-order valence-corrected chi connectivity index (χ3v) is 3.39. The quantitative estimate of drug-likeness (QED) is 0.398. The molecule has 1 aromatic carbocycles. The first-order valence-corrected chi connectivity index (χ1v) is 7.34. The van der Waals surface area contributed by atoms with Gasteiger partial charge in [-0.15, -0.1) is 0 Å². The number of esters is 1. The molecule has 0 radical (unpaired) electrons. The van der Waals surface area contributed by atoms with Crippen LogP contribution in [0.5, 0.6) is 5.75 Å². The van der Waals surface area contributed by atoms with E-state index in [0.29, 0.717) is 10.8 Å². The van der Waals surface area contributed by atoms with Crippen LogP contribution in [-0.4, -0.2) is 5.97 Å². The number of rotatable bonds is 7. The lowest BCUT2D eigenvalue weighted by Gasteiger charge is -2.11. The van der Waals surface area contributed by atoms with Crippen LogP contribution in [0.25, 0.3) is 0 Å². The molecule has 0 aromatic heterocycles. The van der Waals surface area contributed by atoms with Crippen LogP contribution in [0.4, 0.5) is 0 Å². The maximum absolute atomic E-state index is 11.1. The topological polar surface area (TPSA) is 26.3 Å². The second-order valence-electron chi connectivity index (χ2n) is 5.30. The Labute approximate surface area is 121 Å². The molecule has 0 aliphatic rings. The van der Waals surface area contributed by atoms with Crippen molar-refractivity contribution in [2.45, 2.75) is 52.9 Å². The maximum Gasteiger partial charge on any atom is 0.308 e. The number of hydrogen-bond acceptors (Lipinski definition) is 2. The zero-order valence-electron chi connectivity index (χ0n) is 12.0. The van der Waals surface area contributed by atoms with E-state index in [1.165, 1.54) is 26.2 Å². The number of benzene rings is 1. The summed E-state index contributed by atoms with van der Waals surface area (Å²) in [5.74, 6) is 1.06. The second kappa shape index (κ2) is 8.21. The van der Waals surface area contributed by atoms with E-state index < -0.39 is 0 Å². The van der Waals surface area contributed by atoms with Crippen molar-refractivity contribution < 1.29 is 9.53 Å². The molecule has 3 heteroatoms. The van der Waals surface area contributed by atoms with Gasteiger partial charge in [-0.3, -0.25) is 4.79 Å². The van der Waals surface area contributed by atoms with Gasteiger partial charge in [0.25, 0.3) is 0 Å². The lowest BCUT2D eigenvalue weighted by atomic mass is 10.0. The summed E-state index contributed by atoms with van der Waals surface area (Å²) in [5, 5.41) is 0.683. The Bertz CT molecular complexity index is 413. The highest BCUT2D eigenvalue weighted by atomic mass is 35.5. The minimum absolute atomic E-state index is 0.302. The van der Waals surface area contributed by atoms with Gasteiger partial charge in [-0.2, -0.15) is 0 Å². The number of carbonyl (C=O) groups is 1. The highest BCUT2D eigenvalue weighted by Crippen LogP contribution is 2.28. The lowest BCUT2D eigenvalue weighted by Crippen LogP contribution is -2.04. The molecule has 0 aliphatic heterocycles. The van der Waals surface area contributed by atoms with Crippen molar-refractivity contribution in [3.8, 4) is 5.75 Å². The standard InChI is InChI=1S/C16H23ClO2/c1-12(2)8-5-4-6-9-14-15(17)10-7-11-16(14)19-13(3)18/h7,10-12H,4-6,8-9H2,1-3H3. The Kier molecular flexibility index (Phi) is 6.93. The second-order valence-corrected chi connectivity index (χ2v) is 5.71. The predicted octanol–water partition coefficient (Wildman–Crippen LogP) is 5.02. The van der Waals surface area contributed by atoms with E-state index in [0.717, 1.165) is 24.3 Å². The van der Waals surface area contributed by atoms with E-state index in [9.17, 15) is 4.79 Å².